The Bertz CT molecular complexity index is 791. The predicted octanol–water partition coefficient (Wildman–Crippen LogP) is 9.32. The summed E-state index contributed by atoms with van der Waals surface area (Å²) >= 11 is 0. The fourth-order valence-corrected chi connectivity index (χ4v) is 4.32. The van der Waals surface area contributed by atoms with Crippen molar-refractivity contribution < 1.29 is 51.4 Å². The second kappa shape index (κ2) is 28.3. The van der Waals surface area contributed by atoms with Crippen molar-refractivity contribution in [3.05, 3.63) is 96.8 Å². The van der Waals surface area contributed by atoms with Crippen molar-refractivity contribution in [2.75, 3.05) is 0 Å². The zero-order valence-corrected chi connectivity index (χ0v) is 31.2. The third-order valence-corrected chi connectivity index (χ3v) is 6.40. The molecule has 0 aliphatic heterocycles. The normalized spacial score (nSPS) is 13.8. The molecule has 1 aromatic rings. The van der Waals surface area contributed by atoms with Gasteiger partial charge >= 0.3 is 51.4 Å². The van der Waals surface area contributed by atoms with Gasteiger partial charge in [-0.1, -0.05) is 123 Å². The van der Waals surface area contributed by atoms with Gasteiger partial charge in [-0.05, 0) is 57.4 Å². The Morgan fingerprint density at radius 1 is 1.05 bits per heavy atom. The minimum absolute atomic E-state index is 0. The number of allylic oxidation sites excluding steroid dienone is 7. The van der Waals surface area contributed by atoms with Crippen molar-refractivity contribution >= 4 is 0 Å². The van der Waals surface area contributed by atoms with Gasteiger partial charge in [0.1, 0.15) is 0 Å². The van der Waals surface area contributed by atoms with Gasteiger partial charge < -0.3 is 14.4 Å². The van der Waals surface area contributed by atoms with Gasteiger partial charge in [-0.2, -0.15) is 41.3 Å². The molecule has 1 aromatic carbocycles. The molecule has 38 heavy (non-hydrogen) atoms. The van der Waals surface area contributed by atoms with Crippen LogP contribution in [0.15, 0.2) is 65.3 Å². The first-order valence-electron chi connectivity index (χ1n) is 14.6. The van der Waals surface area contributed by atoms with Crippen LogP contribution in [0.4, 0.5) is 0 Å². The Morgan fingerprint density at radius 3 is 2.03 bits per heavy atom. The summed E-state index contributed by atoms with van der Waals surface area (Å²) in [6, 6.07) is 9.49. The van der Waals surface area contributed by atoms with Gasteiger partial charge in [-0.15, -0.1) is 0 Å². The number of benzene rings is 1. The van der Waals surface area contributed by atoms with Gasteiger partial charge in [-0.25, -0.2) is 0 Å². The van der Waals surface area contributed by atoms with E-state index < -0.39 is 0 Å². The van der Waals surface area contributed by atoms with Crippen LogP contribution in [-0.2, 0) is 6.42 Å². The molecule has 0 N–H and O–H groups in total. The van der Waals surface area contributed by atoms with E-state index in [0.29, 0.717) is 17.8 Å². The maximum Gasteiger partial charge on any atom is 1.00 e. The molecule has 1 heteroatoms. The number of aryl methyl sites for hydroxylation is 2. The average molecular weight is 547 g/mol. The van der Waals surface area contributed by atoms with E-state index in [0.717, 1.165) is 12.0 Å². The summed E-state index contributed by atoms with van der Waals surface area (Å²) < 4.78 is 0. The summed E-state index contributed by atoms with van der Waals surface area (Å²) in [5.41, 5.74) is 8.32. The molecule has 1 aliphatic carbocycles. The van der Waals surface area contributed by atoms with Crippen LogP contribution in [0.2, 0.25) is 0 Å². The van der Waals surface area contributed by atoms with Crippen molar-refractivity contribution in [2.45, 2.75) is 121 Å². The predicted molar refractivity (Wildman–Crippen MR) is 174 cm³/mol. The summed E-state index contributed by atoms with van der Waals surface area (Å²) in [5.74, 6) is 1.99. The molecule has 2 unspecified atom stereocenters. The van der Waals surface area contributed by atoms with Gasteiger partial charge in [0.2, 0.25) is 0 Å². The van der Waals surface area contributed by atoms with E-state index in [1.807, 2.05) is 19.9 Å². The molecular formula is C37H63K-2. The Balaban J connectivity index is -0.000000218. The maximum absolute atomic E-state index is 4.16. The number of hydrogen-bond donors (Lipinski definition) is 0. The molecule has 0 saturated carbocycles. The first kappa shape index (κ1) is 44.8. The first-order valence-corrected chi connectivity index (χ1v) is 14.6. The molecule has 2 atom stereocenters. The minimum atomic E-state index is 0. The van der Waals surface area contributed by atoms with E-state index >= 15 is 0 Å². The molecule has 0 aromatic heterocycles. The topological polar surface area (TPSA) is 0 Å². The second-order valence-corrected chi connectivity index (χ2v) is 10.3. The standard InChI is InChI=1S/C14H25.C10H16.C10H13.C2H6.CH3.K/c1-7-12(5)10-14(8-2)13(6)9-11(3)4;1-8(2)10-7-5-4-6-9(10)3;1-3-5-10-7-4-6-9(2)8-10;1-2;;/h9,12,14H,3,5,7-8,10H2,1-2,4,6H3;6-8H,4-5H2,1-3H3;4,6,8H,3,5H2,1-2H3;1-2H3;1H3;/q-1;;-1;;-1;+1/b13-9+;;;;;. The number of hydrogen-bond acceptors (Lipinski definition) is 0. The van der Waals surface area contributed by atoms with Crippen LogP contribution in [0.1, 0.15) is 119 Å². The summed E-state index contributed by atoms with van der Waals surface area (Å²) in [7, 11) is 0. The Kier molecular flexibility index (Phi) is 33.4. The van der Waals surface area contributed by atoms with E-state index in [9.17, 15) is 0 Å². The third kappa shape index (κ3) is 22.6. The van der Waals surface area contributed by atoms with Gasteiger partial charge in [0.15, 0.2) is 0 Å². The van der Waals surface area contributed by atoms with Crippen LogP contribution < -0.4 is 51.4 Å². The van der Waals surface area contributed by atoms with Crippen LogP contribution in [0.25, 0.3) is 0 Å². The largest absolute Gasteiger partial charge is 1.00 e. The van der Waals surface area contributed by atoms with E-state index in [1.165, 1.54) is 60.8 Å². The molecule has 0 saturated heterocycles. The minimum Gasteiger partial charge on any atom is -0.358 e. The van der Waals surface area contributed by atoms with E-state index in [4.69, 9.17) is 0 Å². The number of rotatable bonds is 9. The second-order valence-electron chi connectivity index (χ2n) is 10.3. The van der Waals surface area contributed by atoms with Gasteiger partial charge in [0.25, 0.3) is 0 Å². The maximum atomic E-state index is 4.16. The van der Waals surface area contributed by atoms with Gasteiger partial charge in [-0.3, -0.25) is 0 Å². The van der Waals surface area contributed by atoms with Crippen LogP contribution in [0, 0.1) is 45.1 Å². The van der Waals surface area contributed by atoms with E-state index in [-0.39, 0.29) is 58.8 Å². The smallest absolute Gasteiger partial charge is 0.358 e. The Labute approximate surface area is 284 Å². The molecule has 0 fully saturated rings. The summed E-state index contributed by atoms with van der Waals surface area (Å²) in [6.45, 7) is 31.8. The molecule has 1 aliphatic rings. The molecule has 214 valence electrons. The zero-order chi connectivity index (χ0) is 28.1. The quantitative estimate of drug-likeness (QED) is 0.164. The molecular weight excluding hydrogens is 484 g/mol. The van der Waals surface area contributed by atoms with Crippen molar-refractivity contribution in [1.82, 2.24) is 0 Å². The molecule has 2 rings (SSSR count). The van der Waals surface area contributed by atoms with E-state index in [2.05, 4.69) is 112 Å². The van der Waals surface area contributed by atoms with E-state index in [1.54, 1.807) is 5.57 Å². The molecule has 0 heterocycles. The van der Waals surface area contributed by atoms with Crippen LogP contribution in [-0.4, -0.2) is 0 Å². The monoisotopic (exact) mass is 546 g/mol. The molecule has 0 nitrogen and oxygen atoms in total. The van der Waals surface area contributed by atoms with Crippen molar-refractivity contribution in [1.29, 1.82) is 0 Å². The SMILES string of the molecule is C=C(C)/C=C(\C)C(CC)CC([CH2-])CC.CC.CC1=CCCC=C1C(C)C.CCCc1[c-]ccc(C)c1.[CH3-].[K+]. The van der Waals surface area contributed by atoms with Crippen molar-refractivity contribution in [3.8, 4) is 0 Å². The summed E-state index contributed by atoms with van der Waals surface area (Å²) in [5, 5.41) is 0. The van der Waals surface area contributed by atoms with Crippen LogP contribution in [0.5, 0.6) is 0 Å². The Morgan fingerprint density at radius 2 is 1.63 bits per heavy atom. The summed E-state index contributed by atoms with van der Waals surface area (Å²) in [4.78, 5) is 0. The van der Waals surface area contributed by atoms with Crippen molar-refractivity contribution in [2.24, 2.45) is 17.8 Å². The van der Waals surface area contributed by atoms with Crippen LogP contribution >= 0.6 is 0 Å². The van der Waals surface area contributed by atoms with Gasteiger partial charge in [0.05, 0.1) is 0 Å². The van der Waals surface area contributed by atoms with Crippen molar-refractivity contribution in [3.63, 3.8) is 0 Å². The summed E-state index contributed by atoms with van der Waals surface area (Å²) in [6.07, 6.45) is 15.4. The van der Waals surface area contributed by atoms with Crippen LogP contribution in [0.3, 0.4) is 0 Å². The molecule has 0 spiro atoms. The Hall–Kier alpha value is -0.184. The fraction of sp³-hybridized carbons (Fsp3) is 0.568. The molecule has 0 radical (unpaired) electrons. The fourth-order valence-electron chi connectivity index (χ4n) is 4.32. The molecule has 0 amide bonds. The first-order chi connectivity index (χ1) is 17.0. The zero-order valence-electron chi connectivity index (χ0n) is 28.1. The van der Waals surface area contributed by atoms with Gasteiger partial charge in [0, 0.05) is 0 Å². The average Bonchev–Trinajstić information content (AvgIpc) is 2.84. The molecule has 0 bridgehead atoms. The third-order valence-electron chi connectivity index (χ3n) is 6.40.